The third-order valence-corrected chi connectivity index (χ3v) is 2.33. The minimum absolute atomic E-state index is 0.206. The quantitative estimate of drug-likeness (QED) is 0.671. The lowest BCUT2D eigenvalue weighted by Crippen LogP contribution is -1.90. The Morgan fingerprint density at radius 1 is 1.00 bits per heavy atom. The Morgan fingerprint density at radius 2 is 1.75 bits per heavy atom. The fraction of sp³-hybridized carbons (Fsp3) is 0.0714. The number of halogens is 1. The highest BCUT2D eigenvalue weighted by Gasteiger charge is 2.01. The van der Waals surface area contributed by atoms with Gasteiger partial charge in [-0.2, -0.15) is 0 Å². The van der Waals surface area contributed by atoms with Gasteiger partial charge in [0.25, 0.3) is 0 Å². The van der Waals surface area contributed by atoms with Crippen LogP contribution < -0.4 is 0 Å². The van der Waals surface area contributed by atoms with Crippen LogP contribution in [0.4, 0.5) is 10.1 Å². The molecule has 0 unspecified atom stereocenters. The molecule has 0 spiro atoms. The first-order valence-electron chi connectivity index (χ1n) is 5.11. The molecular weight excluding hydrogens is 201 g/mol. The zero-order valence-corrected chi connectivity index (χ0v) is 9.02. The van der Waals surface area contributed by atoms with Gasteiger partial charge in [0.15, 0.2) is 0 Å². The number of aliphatic imine (C=N–C) groups is 1. The van der Waals surface area contributed by atoms with Crippen LogP contribution in [0.1, 0.15) is 11.1 Å². The number of hydrogen-bond donors (Lipinski definition) is 0. The minimum atomic E-state index is -0.206. The van der Waals surface area contributed by atoms with Crippen LogP contribution in [-0.4, -0.2) is 6.21 Å². The summed E-state index contributed by atoms with van der Waals surface area (Å²) in [6, 6.07) is 14.8. The molecule has 0 fully saturated rings. The lowest BCUT2D eigenvalue weighted by atomic mass is 10.1. The van der Waals surface area contributed by atoms with Crippen LogP contribution in [0, 0.1) is 12.7 Å². The summed E-state index contributed by atoms with van der Waals surface area (Å²) >= 11 is 0. The van der Waals surface area contributed by atoms with E-state index in [0.29, 0.717) is 11.1 Å². The first-order valence-corrected chi connectivity index (χ1v) is 5.11. The molecule has 1 nitrogen and oxygen atoms in total. The fourth-order valence-corrected chi connectivity index (χ4v) is 1.43. The third kappa shape index (κ3) is 2.34. The molecule has 0 amide bonds. The van der Waals surface area contributed by atoms with E-state index in [4.69, 9.17) is 0 Å². The van der Waals surface area contributed by atoms with Crippen molar-refractivity contribution in [3.8, 4) is 0 Å². The summed E-state index contributed by atoms with van der Waals surface area (Å²) in [5.41, 5.74) is 1.98. The summed E-state index contributed by atoms with van der Waals surface area (Å²) in [5, 5.41) is 0. The monoisotopic (exact) mass is 213 g/mol. The summed E-state index contributed by atoms with van der Waals surface area (Å²) in [6.07, 6.45) is 1.55. The van der Waals surface area contributed by atoms with Gasteiger partial charge in [-0.1, -0.05) is 36.4 Å². The number of para-hydroxylation sites is 1. The first-order chi connectivity index (χ1) is 7.77. The third-order valence-electron chi connectivity index (χ3n) is 2.33. The van der Waals surface area contributed by atoms with Gasteiger partial charge >= 0.3 is 0 Å². The van der Waals surface area contributed by atoms with Gasteiger partial charge in [-0.3, -0.25) is 4.99 Å². The Bertz CT molecular complexity index is 503. The van der Waals surface area contributed by atoms with E-state index < -0.39 is 0 Å². The smallest absolute Gasteiger partial charge is 0.134 e. The maximum absolute atomic E-state index is 13.6. The summed E-state index contributed by atoms with van der Waals surface area (Å²) in [7, 11) is 0. The van der Waals surface area contributed by atoms with Crippen molar-refractivity contribution >= 4 is 11.9 Å². The van der Waals surface area contributed by atoms with Crippen LogP contribution in [0.5, 0.6) is 0 Å². The van der Waals surface area contributed by atoms with Crippen LogP contribution in [0.25, 0.3) is 0 Å². The van der Waals surface area contributed by atoms with E-state index in [2.05, 4.69) is 4.99 Å². The average Bonchev–Trinajstić information content (AvgIpc) is 2.32. The normalized spacial score (nSPS) is 10.9. The van der Waals surface area contributed by atoms with Gasteiger partial charge in [-0.25, -0.2) is 4.39 Å². The summed E-state index contributed by atoms with van der Waals surface area (Å²) in [5.74, 6) is -0.206. The van der Waals surface area contributed by atoms with Crippen molar-refractivity contribution in [2.75, 3.05) is 0 Å². The van der Waals surface area contributed by atoms with Gasteiger partial charge in [-0.15, -0.1) is 0 Å². The largest absolute Gasteiger partial charge is 0.256 e. The number of aryl methyl sites for hydroxylation is 1. The van der Waals surface area contributed by atoms with Gasteiger partial charge in [0.1, 0.15) is 5.82 Å². The zero-order valence-electron chi connectivity index (χ0n) is 9.02. The van der Waals surface area contributed by atoms with E-state index in [-0.39, 0.29) is 5.82 Å². The maximum atomic E-state index is 13.6. The molecule has 0 saturated carbocycles. The Morgan fingerprint density at radius 3 is 2.50 bits per heavy atom. The molecule has 0 N–H and O–H groups in total. The summed E-state index contributed by atoms with van der Waals surface area (Å²) in [4.78, 5) is 4.21. The molecule has 0 saturated heterocycles. The van der Waals surface area contributed by atoms with Crippen LogP contribution >= 0.6 is 0 Å². The van der Waals surface area contributed by atoms with Crippen molar-refractivity contribution in [2.45, 2.75) is 6.92 Å². The number of nitrogens with zero attached hydrogens (tertiary/aromatic N) is 1. The lowest BCUT2D eigenvalue weighted by molar-refractivity contribution is 0.616. The van der Waals surface area contributed by atoms with E-state index in [1.807, 2.05) is 36.4 Å². The van der Waals surface area contributed by atoms with Gasteiger partial charge in [0, 0.05) is 11.8 Å². The molecule has 0 aromatic heterocycles. The van der Waals surface area contributed by atoms with Gasteiger partial charge in [0.2, 0.25) is 0 Å². The molecule has 2 aromatic rings. The van der Waals surface area contributed by atoms with Crippen molar-refractivity contribution in [2.24, 2.45) is 4.99 Å². The highest BCUT2D eigenvalue weighted by molar-refractivity contribution is 5.82. The molecule has 2 rings (SSSR count). The van der Waals surface area contributed by atoms with Gasteiger partial charge in [0.05, 0.1) is 5.69 Å². The lowest BCUT2D eigenvalue weighted by Gasteiger charge is -1.99. The molecule has 0 bridgehead atoms. The molecule has 0 aliphatic carbocycles. The van der Waals surface area contributed by atoms with Crippen molar-refractivity contribution in [3.05, 3.63) is 65.5 Å². The van der Waals surface area contributed by atoms with Gasteiger partial charge in [-0.05, 0) is 24.6 Å². The minimum Gasteiger partial charge on any atom is -0.256 e. The zero-order chi connectivity index (χ0) is 11.4. The predicted octanol–water partition coefficient (Wildman–Crippen LogP) is 3.88. The fourth-order valence-electron chi connectivity index (χ4n) is 1.43. The van der Waals surface area contributed by atoms with Crippen LogP contribution in [0.3, 0.4) is 0 Å². The molecular formula is C14H12FN. The highest BCUT2D eigenvalue weighted by Crippen LogP contribution is 2.13. The highest BCUT2D eigenvalue weighted by atomic mass is 19.1. The maximum Gasteiger partial charge on any atom is 0.134 e. The van der Waals surface area contributed by atoms with Crippen LogP contribution in [0.2, 0.25) is 0 Å². The van der Waals surface area contributed by atoms with E-state index in [0.717, 1.165) is 5.69 Å². The Labute approximate surface area is 94.3 Å². The van der Waals surface area contributed by atoms with Gasteiger partial charge < -0.3 is 0 Å². The molecule has 80 valence electrons. The number of hydrogen-bond acceptors (Lipinski definition) is 1. The molecule has 0 aliphatic rings. The second-order valence-electron chi connectivity index (χ2n) is 3.57. The van der Waals surface area contributed by atoms with Crippen molar-refractivity contribution in [3.63, 3.8) is 0 Å². The molecule has 0 atom stereocenters. The molecule has 0 aliphatic heterocycles. The topological polar surface area (TPSA) is 12.4 Å². The second-order valence-corrected chi connectivity index (χ2v) is 3.57. The average molecular weight is 213 g/mol. The predicted molar refractivity (Wildman–Crippen MR) is 64.8 cm³/mol. The Balaban J connectivity index is 2.28. The van der Waals surface area contributed by atoms with Crippen LogP contribution in [0.15, 0.2) is 53.5 Å². The Kier molecular flexibility index (Phi) is 3.10. The second kappa shape index (κ2) is 4.71. The summed E-state index contributed by atoms with van der Waals surface area (Å²) in [6.45, 7) is 1.75. The van der Waals surface area contributed by atoms with E-state index in [9.17, 15) is 4.39 Å². The SMILES string of the molecule is Cc1cccc(C=Nc2ccccc2)c1F. The van der Waals surface area contributed by atoms with Crippen molar-refractivity contribution in [1.82, 2.24) is 0 Å². The standard InChI is InChI=1S/C14H12FN/c1-11-6-5-7-12(14(11)15)10-16-13-8-3-2-4-9-13/h2-10H,1H3. The van der Waals surface area contributed by atoms with E-state index >= 15 is 0 Å². The van der Waals surface area contributed by atoms with Crippen molar-refractivity contribution in [1.29, 1.82) is 0 Å². The van der Waals surface area contributed by atoms with Crippen molar-refractivity contribution < 1.29 is 4.39 Å². The Hall–Kier alpha value is -1.96. The van der Waals surface area contributed by atoms with E-state index in [1.54, 1.807) is 25.3 Å². The molecule has 16 heavy (non-hydrogen) atoms. The summed E-state index contributed by atoms with van der Waals surface area (Å²) < 4.78 is 13.6. The van der Waals surface area contributed by atoms with E-state index in [1.165, 1.54) is 0 Å². The van der Waals surface area contributed by atoms with Crippen LogP contribution in [-0.2, 0) is 0 Å². The molecule has 2 heteroatoms. The molecule has 0 radical (unpaired) electrons. The molecule has 2 aromatic carbocycles. The molecule has 0 heterocycles. The first kappa shape index (κ1) is 10.6. The number of benzene rings is 2. The number of rotatable bonds is 2.